The molecule has 2 rings (SSSR count). The molecule has 1 aromatic carbocycles. The topological polar surface area (TPSA) is 93.3 Å². The van der Waals surface area contributed by atoms with Crippen molar-refractivity contribution in [3.8, 4) is 11.5 Å². The lowest BCUT2D eigenvalue weighted by atomic mass is 10.2. The first-order chi connectivity index (χ1) is 13.3. The highest BCUT2D eigenvalue weighted by molar-refractivity contribution is 8.00. The van der Waals surface area contributed by atoms with Gasteiger partial charge >= 0.3 is 0 Å². The third-order valence-corrected chi connectivity index (χ3v) is 5.77. The van der Waals surface area contributed by atoms with Crippen LogP contribution in [0.25, 0.3) is 0 Å². The maximum Gasteiger partial charge on any atom is 0.251 e. The van der Waals surface area contributed by atoms with Crippen molar-refractivity contribution < 1.29 is 14.3 Å². The van der Waals surface area contributed by atoms with Gasteiger partial charge in [-0.15, -0.1) is 0 Å². The average Bonchev–Trinajstić information content (AvgIpc) is 2.65. The number of nitrogens with zero attached hydrogens (tertiary/aromatic N) is 1. The lowest BCUT2D eigenvalue weighted by Gasteiger charge is -2.15. The molecule has 0 saturated heterocycles. The normalized spacial score (nSPS) is 11.9. The molecule has 7 nitrogen and oxygen atoms in total. The number of hydrogen-bond acceptors (Lipinski definition) is 7. The number of aromatic nitrogens is 2. The first-order valence-electron chi connectivity index (χ1n) is 8.73. The largest absolute Gasteiger partial charge is 0.497 e. The second-order valence-electron chi connectivity index (χ2n) is 6.22. The maximum absolute atomic E-state index is 12.6. The zero-order valence-corrected chi connectivity index (χ0v) is 18.2. The van der Waals surface area contributed by atoms with Crippen LogP contribution in [0.15, 0.2) is 34.2 Å². The summed E-state index contributed by atoms with van der Waals surface area (Å²) in [6.07, 6.45) is 0. The van der Waals surface area contributed by atoms with Gasteiger partial charge in [0.2, 0.25) is 5.91 Å². The number of ether oxygens (including phenoxy) is 2. The quantitative estimate of drug-likeness (QED) is 0.471. The minimum atomic E-state index is -0.480. The monoisotopic (exact) mass is 423 g/mol. The molecule has 2 aromatic rings. The Morgan fingerprint density at radius 2 is 1.96 bits per heavy atom. The fourth-order valence-electron chi connectivity index (χ4n) is 2.23. The molecule has 0 aliphatic carbocycles. The Morgan fingerprint density at radius 3 is 2.61 bits per heavy atom. The molecule has 1 atom stereocenters. The van der Waals surface area contributed by atoms with Gasteiger partial charge in [-0.3, -0.25) is 9.59 Å². The summed E-state index contributed by atoms with van der Waals surface area (Å²) in [5.41, 5.74) is 0.994. The number of amides is 1. The number of aromatic amines is 1. The van der Waals surface area contributed by atoms with Crippen LogP contribution in [-0.4, -0.2) is 40.6 Å². The number of H-pyrrole nitrogens is 1. The molecule has 1 unspecified atom stereocenters. The molecule has 1 aromatic heterocycles. The molecular formula is C19H25N3O4S2. The summed E-state index contributed by atoms with van der Waals surface area (Å²) in [6.45, 7) is 5.93. The number of rotatable bonds is 9. The van der Waals surface area contributed by atoms with Gasteiger partial charge in [0.05, 0.1) is 30.9 Å². The van der Waals surface area contributed by atoms with Gasteiger partial charge in [0.25, 0.3) is 5.56 Å². The van der Waals surface area contributed by atoms with E-state index < -0.39 is 5.25 Å². The summed E-state index contributed by atoms with van der Waals surface area (Å²) < 4.78 is 10.5. The smallest absolute Gasteiger partial charge is 0.251 e. The Kier molecular flexibility index (Phi) is 8.25. The van der Waals surface area contributed by atoms with Gasteiger partial charge in [0.15, 0.2) is 5.16 Å². The molecule has 2 N–H and O–H groups in total. The summed E-state index contributed by atoms with van der Waals surface area (Å²) in [6, 6.07) is 6.66. The molecule has 0 aliphatic heterocycles. The molecule has 1 heterocycles. The molecule has 1 amide bonds. The van der Waals surface area contributed by atoms with E-state index in [-0.39, 0.29) is 11.5 Å². The molecule has 0 fully saturated rings. The van der Waals surface area contributed by atoms with E-state index in [1.54, 1.807) is 44.0 Å². The number of hydrogen-bond donors (Lipinski definition) is 2. The van der Waals surface area contributed by atoms with Crippen LogP contribution in [-0.2, 0) is 10.5 Å². The first kappa shape index (κ1) is 22.2. The van der Waals surface area contributed by atoms with E-state index in [0.29, 0.717) is 39.0 Å². The standard InChI is InChI=1S/C19H25N3O4S2/c1-11(2)27-10-13-8-17(23)22-19(20-13)28-12(3)18(24)21-15-9-14(25-4)6-7-16(15)26-5/h6-9,11-12H,10H2,1-5H3,(H,21,24)(H,20,22,23). The van der Waals surface area contributed by atoms with Crippen LogP contribution in [0.2, 0.25) is 0 Å². The van der Waals surface area contributed by atoms with E-state index in [0.717, 1.165) is 0 Å². The Balaban J connectivity index is 2.09. The third-order valence-electron chi connectivity index (χ3n) is 3.66. The van der Waals surface area contributed by atoms with Crippen molar-refractivity contribution in [1.82, 2.24) is 9.97 Å². The van der Waals surface area contributed by atoms with Gasteiger partial charge in [0, 0.05) is 17.9 Å². The third kappa shape index (κ3) is 6.49. The number of carbonyl (C=O) groups excluding carboxylic acids is 1. The van der Waals surface area contributed by atoms with E-state index in [2.05, 4.69) is 29.1 Å². The molecule has 0 aliphatic rings. The SMILES string of the molecule is COc1ccc(OC)c(NC(=O)C(C)Sc2nc(CSC(C)C)cc(=O)[nH]2)c1. The first-order valence-corrected chi connectivity index (χ1v) is 10.7. The van der Waals surface area contributed by atoms with Crippen LogP contribution in [0.3, 0.4) is 0 Å². The van der Waals surface area contributed by atoms with Crippen LogP contribution in [0.5, 0.6) is 11.5 Å². The van der Waals surface area contributed by atoms with Crippen LogP contribution in [0.1, 0.15) is 26.5 Å². The minimum absolute atomic E-state index is 0.223. The highest BCUT2D eigenvalue weighted by Gasteiger charge is 2.18. The molecule has 0 radical (unpaired) electrons. The highest BCUT2D eigenvalue weighted by atomic mass is 32.2. The van der Waals surface area contributed by atoms with Crippen molar-refractivity contribution in [2.45, 2.75) is 42.2 Å². The van der Waals surface area contributed by atoms with Gasteiger partial charge in [0.1, 0.15) is 11.5 Å². The van der Waals surface area contributed by atoms with Crippen LogP contribution >= 0.6 is 23.5 Å². The van der Waals surface area contributed by atoms with Crippen molar-refractivity contribution in [2.75, 3.05) is 19.5 Å². The molecule has 0 spiro atoms. The second-order valence-corrected chi connectivity index (χ2v) is 9.11. The van der Waals surface area contributed by atoms with E-state index in [1.807, 2.05) is 0 Å². The fraction of sp³-hybridized carbons (Fsp3) is 0.421. The molecular weight excluding hydrogens is 398 g/mol. The number of anilines is 1. The van der Waals surface area contributed by atoms with Gasteiger partial charge in [-0.2, -0.15) is 11.8 Å². The number of methoxy groups -OCH3 is 2. The summed E-state index contributed by atoms with van der Waals surface area (Å²) >= 11 is 2.90. The lowest BCUT2D eigenvalue weighted by Crippen LogP contribution is -2.23. The van der Waals surface area contributed by atoms with Gasteiger partial charge in [-0.1, -0.05) is 25.6 Å². The van der Waals surface area contributed by atoms with Gasteiger partial charge in [-0.25, -0.2) is 4.98 Å². The molecule has 28 heavy (non-hydrogen) atoms. The van der Waals surface area contributed by atoms with Crippen molar-refractivity contribution in [1.29, 1.82) is 0 Å². The summed E-state index contributed by atoms with van der Waals surface area (Å²) in [7, 11) is 3.09. The number of nitrogens with one attached hydrogen (secondary N) is 2. The van der Waals surface area contributed by atoms with Crippen LogP contribution in [0.4, 0.5) is 5.69 Å². The fourth-order valence-corrected chi connectivity index (χ4v) is 3.71. The molecule has 0 saturated carbocycles. The average molecular weight is 424 g/mol. The Bertz CT molecular complexity index is 870. The number of benzene rings is 1. The van der Waals surface area contributed by atoms with Crippen molar-refractivity contribution in [3.63, 3.8) is 0 Å². The van der Waals surface area contributed by atoms with Crippen molar-refractivity contribution >= 4 is 35.1 Å². The van der Waals surface area contributed by atoms with Crippen molar-refractivity contribution in [3.05, 3.63) is 40.3 Å². The van der Waals surface area contributed by atoms with Crippen LogP contribution in [0, 0.1) is 0 Å². The molecule has 152 valence electrons. The van der Waals surface area contributed by atoms with E-state index in [4.69, 9.17) is 9.47 Å². The zero-order valence-electron chi connectivity index (χ0n) is 16.6. The van der Waals surface area contributed by atoms with E-state index >= 15 is 0 Å². The lowest BCUT2D eigenvalue weighted by molar-refractivity contribution is -0.115. The highest BCUT2D eigenvalue weighted by Crippen LogP contribution is 2.30. The predicted molar refractivity (Wildman–Crippen MR) is 115 cm³/mol. The second kappa shape index (κ2) is 10.4. The minimum Gasteiger partial charge on any atom is -0.497 e. The Morgan fingerprint density at radius 1 is 1.21 bits per heavy atom. The summed E-state index contributed by atoms with van der Waals surface area (Å²) in [5.74, 6) is 1.56. The Labute approximate surface area is 173 Å². The zero-order chi connectivity index (χ0) is 20.7. The van der Waals surface area contributed by atoms with Gasteiger partial charge < -0.3 is 19.8 Å². The van der Waals surface area contributed by atoms with E-state index in [1.165, 1.54) is 24.9 Å². The number of thioether (sulfide) groups is 2. The summed E-state index contributed by atoms with van der Waals surface area (Å²) in [5, 5.41) is 3.22. The van der Waals surface area contributed by atoms with Crippen molar-refractivity contribution in [2.24, 2.45) is 0 Å². The number of carbonyl (C=O) groups is 1. The van der Waals surface area contributed by atoms with Gasteiger partial charge in [-0.05, 0) is 24.3 Å². The predicted octanol–water partition coefficient (Wildman–Crippen LogP) is 3.55. The Hall–Kier alpha value is -2.13. The van der Waals surface area contributed by atoms with Crippen LogP contribution < -0.4 is 20.3 Å². The van der Waals surface area contributed by atoms with E-state index in [9.17, 15) is 9.59 Å². The molecule has 0 bridgehead atoms. The summed E-state index contributed by atoms with van der Waals surface area (Å²) in [4.78, 5) is 31.7. The maximum atomic E-state index is 12.6. The molecule has 9 heteroatoms.